The molecule has 3 aromatic rings. The number of nitrogens with two attached hydrogens (primary N) is 1. The molecule has 28 heavy (non-hydrogen) atoms. The predicted octanol–water partition coefficient (Wildman–Crippen LogP) is 1.06. The summed E-state index contributed by atoms with van der Waals surface area (Å²) < 4.78 is 12.4. The van der Waals surface area contributed by atoms with Crippen LogP contribution in [0.3, 0.4) is 0 Å². The van der Waals surface area contributed by atoms with E-state index in [1.807, 2.05) is 28.7 Å². The van der Waals surface area contributed by atoms with E-state index in [1.165, 1.54) is 18.0 Å². The molecule has 0 aliphatic heterocycles. The van der Waals surface area contributed by atoms with Crippen LogP contribution in [0.1, 0.15) is 21.7 Å². The molecule has 4 N–H and O–H groups in total. The maximum atomic E-state index is 12.5. The molecule has 0 spiro atoms. The van der Waals surface area contributed by atoms with E-state index >= 15 is 0 Å². The van der Waals surface area contributed by atoms with Gasteiger partial charge in [-0.15, -0.1) is 5.10 Å². The van der Waals surface area contributed by atoms with Crippen LogP contribution < -0.4 is 11.2 Å². The van der Waals surface area contributed by atoms with Gasteiger partial charge >= 0.3 is 0 Å². The number of hydrazone groups is 1. The van der Waals surface area contributed by atoms with Gasteiger partial charge in [-0.2, -0.15) is 9.78 Å². The second-order valence-corrected chi connectivity index (χ2v) is 7.64. The highest BCUT2D eigenvalue weighted by molar-refractivity contribution is 14.1. The normalized spacial score (nSPS) is 11.2. The van der Waals surface area contributed by atoms with Crippen LogP contribution in [0.15, 0.2) is 21.9 Å². The summed E-state index contributed by atoms with van der Waals surface area (Å²) in [6.07, 6.45) is 1.33. The molecule has 1 amide bonds. The summed E-state index contributed by atoms with van der Waals surface area (Å²) in [5.41, 5.74) is 8.70. The summed E-state index contributed by atoms with van der Waals surface area (Å²) in [5.74, 6) is -0.500. The van der Waals surface area contributed by atoms with E-state index in [0.29, 0.717) is 9.13 Å². The Morgan fingerprint density at radius 2 is 2.25 bits per heavy atom. The van der Waals surface area contributed by atoms with Crippen molar-refractivity contribution >= 4 is 63.1 Å². The third-order valence-corrected chi connectivity index (χ3v) is 4.83. The van der Waals surface area contributed by atoms with Crippen molar-refractivity contribution in [3.8, 4) is 11.6 Å². The van der Waals surface area contributed by atoms with Crippen LogP contribution in [-0.4, -0.2) is 49.6 Å². The number of nitrogens with one attached hydrogen (secondary N) is 1. The molecule has 1 aromatic carbocycles. The lowest BCUT2D eigenvalue weighted by atomic mass is 10.2. The Bertz CT molecular complexity index is 1050. The topological polar surface area (TPSA) is 167 Å². The Morgan fingerprint density at radius 1 is 1.46 bits per heavy atom. The summed E-state index contributed by atoms with van der Waals surface area (Å²) in [5, 5.41) is 28.7. The Balaban J connectivity index is 1.83. The van der Waals surface area contributed by atoms with Crippen LogP contribution in [0.2, 0.25) is 0 Å². The number of hydrogen-bond donors (Lipinski definition) is 3. The van der Waals surface area contributed by atoms with Gasteiger partial charge in [-0.3, -0.25) is 4.79 Å². The van der Waals surface area contributed by atoms with Crippen molar-refractivity contribution in [2.45, 2.75) is 6.61 Å². The van der Waals surface area contributed by atoms with Gasteiger partial charge in [-0.1, -0.05) is 5.21 Å². The zero-order chi connectivity index (χ0) is 20.3. The highest BCUT2D eigenvalue weighted by Gasteiger charge is 2.23. The fourth-order valence-electron chi connectivity index (χ4n) is 2.15. The first kappa shape index (κ1) is 20.4. The average Bonchev–Trinajstić information content (AvgIpc) is 3.25. The molecule has 146 valence electrons. The molecule has 0 bridgehead atoms. The minimum Gasteiger partial charge on any atom is -0.506 e. The minimum atomic E-state index is -0.635. The monoisotopic (exact) mass is 610 g/mol. The van der Waals surface area contributed by atoms with Gasteiger partial charge in [0, 0.05) is 16.2 Å². The Labute approximate surface area is 184 Å². The average molecular weight is 610 g/mol. The Morgan fingerprint density at radius 3 is 2.93 bits per heavy atom. The number of phenols is 1. The van der Waals surface area contributed by atoms with Crippen molar-refractivity contribution in [3.63, 3.8) is 0 Å². The van der Waals surface area contributed by atoms with Crippen LogP contribution >= 0.6 is 45.2 Å². The zero-order valence-electron chi connectivity index (χ0n) is 14.1. The first-order chi connectivity index (χ1) is 13.4. The number of phenolic OH excluding ortho intramolecular Hbond substituents is 1. The zero-order valence-corrected chi connectivity index (χ0v) is 18.4. The van der Waals surface area contributed by atoms with E-state index in [-0.39, 0.29) is 35.4 Å². The molecule has 3 rings (SSSR count). The fraction of sp³-hybridized carbons (Fsp3) is 0.143. The van der Waals surface area contributed by atoms with Crippen molar-refractivity contribution < 1.29 is 19.3 Å². The first-order valence-electron chi connectivity index (χ1n) is 7.45. The van der Waals surface area contributed by atoms with E-state index < -0.39 is 5.91 Å². The maximum Gasteiger partial charge on any atom is 0.293 e. The van der Waals surface area contributed by atoms with Crippen LogP contribution in [0.25, 0.3) is 5.82 Å². The molecule has 0 aliphatic carbocycles. The van der Waals surface area contributed by atoms with E-state index in [2.05, 4.69) is 58.4 Å². The van der Waals surface area contributed by atoms with Crippen LogP contribution in [-0.2, 0) is 11.3 Å². The lowest BCUT2D eigenvalue weighted by Gasteiger charge is -2.04. The van der Waals surface area contributed by atoms with Crippen LogP contribution in [0.4, 0.5) is 5.82 Å². The van der Waals surface area contributed by atoms with E-state index in [9.17, 15) is 9.90 Å². The van der Waals surface area contributed by atoms with Gasteiger partial charge in [0.2, 0.25) is 11.6 Å². The van der Waals surface area contributed by atoms with Crippen molar-refractivity contribution in [2.24, 2.45) is 5.10 Å². The van der Waals surface area contributed by atoms with Gasteiger partial charge in [0.25, 0.3) is 5.91 Å². The number of methoxy groups -OCH3 is 1. The Hall–Kier alpha value is -2.34. The number of rotatable bonds is 6. The number of aromatic nitrogens is 5. The SMILES string of the molecule is COCc1c(C(=O)N/N=C\c2cc(I)cc(I)c2O)nnn1-c1nonc1N. The lowest BCUT2D eigenvalue weighted by molar-refractivity contribution is 0.0944. The second kappa shape index (κ2) is 8.78. The molecular formula is C14H12I2N8O4. The van der Waals surface area contributed by atoms with Crippen molar-refractivity contribution in [1.29, 1.82) is 0 Å². The molecule has 2 aromatic heterocycles. The third-order valence-electron chi connectivity index (χ3n) is 3.38. The summed E-state index contributed by atoms with van der Waals surface area (Å²) in [6, 6.07) is 3.53. The van der Waals surface area contributed by atoms with E-state index in [1.54, 1.807) is 6.07 Å². The molecule has 0 saturated heterocycles. The molecule has 0 aliphatic rings. The molecule has 0 saturated carbocycles. The molecule has 0 unspecified atom stereocenters. The van der Waals surface area contributed by atoms with Crippen molar-refractivity contribution in [3.05, 3.63) is 36.2 Å². The minimum absolute atomic E-state index is 0.00162. The standard InChI is InChI=1S/C14H12I2N8O4/c1-27-5-9-10(19-23-24(9)13-12(17)21-28-22-13)14(26)20-18-4-6-2-7(15)3-8(16)11(6)25/h2-4,25H,5H2,1H3,(H2,17,21)(H,20,26)/b18-4-. The smallest absolute Gasteiger partial charge is 0.293 e. The van der Waals surface area contributed by atoms with Crippen LogP contribution in [0.5, 0.6) is 5.75 Å². The van der Waals surface area contributed by atoms with Crippen LogP contribution in [0, 0.1) is 7.14 Å². The number of halogens is 2. The van der Waals surface area contributed by atoms with Gasteiger partial charge in [0.1, 0.15) is 11.4 Å². The highest BCUT2D eigenvalue weighted by Crippen LogP contribution is 2.25. The number of nitrogen functional groups attached to an aromatic ring is 1. The largest absolute Gasteiger partial charge is 0.506 e. The number of hydrogen-bond acceptors (Lipinski definition) is 10. The lowest BCUT2D eigenvalue weighted by Crippen LogP contribution is -2.20. The summed E-state index contributed by atoms with van der Waals surface area (Å²) >= 11 is 4.12. The van der Waals surface area contributed by atoms with Gasteiger partial charge in [-0.25, -0.2) is 10.1 Å². The number of anilines is 1. The summed E-state index contributed by atoms with van der Waals surface area (Å²) in [6.45, 7) is 0.00162. The quantitative estimate of drug-likeness (QED) is 0.210. The number of amides is 1. The molecule has 12 nitrogen and oxygen atoms in total. The van der Waals surface area contributed by atoms with Gasteiger partial charge in [0.05, 0.1) is 16.4 Å². The number of nitrogens with zero attached hydrogens (tertiary/aromatic N) is 6. The highest BCUT2D eigenvalue weighted by atomic mass is 127. The molecule has 2 heterocycles. The maximum absolute atomic E-state index is 12.5. The van der Waals surface area contributed by atoms with E-state index in [0.717, 1.165) is 3.57 Å². The summed E-state index contributed by atoms with van der Waals surface area (Å²) in [7, 11) is 1.45. The van der Waals surface area contributed by atoms with Gasteiger partial charge < -0.3 is 15.6 Å². The third kappa shape index (κ3) is 4.22. The van der Waals surface area contributed by atoms with Crippen molar-refractivity contribution in [1.82, 2.24) is 30.7 Å². The number of benzene rings is 1. The van der Waals surface area contributed by atoms with Gasteiger partial charge in [0.15, 0.2) is 5.69 Å². The molecule has 14 heteroatoms. The number of ether oxygens (including phenoxy) is 1. The van der Waals surface area contributed by atoms with Gasteiger partial charge in [-0.05, 0) is 67.6 Å². The molecular weight excluding hydrogens is 598 g/mol. The predicted molar refractivity (Wildman–Crippen MR) is 113 cm³/mol. The number of carbonyl (C=O) groups is 1. The first-order valence-corrected chi connectivity index (χ1v) is 9.61. The number of aromatic hydroxyl groups is 1. The fourth-order valence-corrected chi connectivity index (χ4v) is 4.04. The second-order valence-electron chi connectivity index (χ2n) is 5.23. The van der Waals surface area contributed by atoms with Crippen molar-refractivity contribution in [2.75, 3.05) is 12.8 Å². The molecule has 0 atom stereocenters. The number of carbonyl (C=O) groups excluding carboxylic acids is 1. The molecule has 0 fully saturated rings. The molecule has 0 radical (unpaired) electrons. The Kier molecular flexibility index (Phi) is 6.39. The summed E-state index contributed by atoms with van der Waals surface area (Å²) in [4.78, 5) is 12.5. The van der Waals surface area contributed by atoms with E-state index in [4.69, 9.17) is 10.5 Å².